The Kier molecular flexibility index (Phi) is 5.32. The van der Waals surface area contributed by atoms with Crippen LogP contribution in [0.2, 0.25) is 0 Å². The van der Waals surface area contributed by atoms with Gasteiger partial charge >= 0.3 is 12.0 Å². The maximum atomic E-state index is 14.5. The smallest absolute Gasteiger partial charge is 0.326 e. The van der Waals surface area contributed by atoms with Crippen molar-refractivity contribution in [1.82, 2.24) is 24.9 Å². The fraction of sp³-hybridized carbons (Fsp3) is 0.375. The summed E-state index contributed by atoms with van der Waals surface area (Å²) in [4.78, 5) is 34.6. The topological polar surface area (TPSA) is 144 Å². The molecule has 36 heavy (non-hydrogen) atoms. The number of ether oxygens (including phenoxy) is 2. The fourth-order valence-corrected chi connectivity index (χ4v) is 5.22. The molecule has 1 saturated carbocycles. The van der Waals surface area contributed by atoms with Crippen LogP contribution in [0, 0.1) is 17.7 Å². The summed E-state index contributed by atoms with van der Waals surface area (Å²) in [7, 11) is 3.05. The van der Waals surface area contributed by atoms with Crippen LogP contribution < -0.4 is 20.7 Å². The second-order valence-corrected chi connectivity index (χ2v) is 9.22. The lowest BCUT2D eigenvalue weighted by Gasteiger charge is -2.36. The highest BCUT2D eigenvalue weighted by Gasteiger charge is 2.46. The molecule has 4 heterocycles. The molecule has 2 unspecified atom stereocenters. The average Bonchev–Trinajstić information content (AvgIpc) is 3.41. The Balaban J connectivity index is 1.42. The summed E-state index contributed by atoms with van der Waals surface area (Å²) < 4.78 is 25.1. The molecule has 11 nitrogen and oxygen atoms in total. The van der Waals surface area contributed by atoms with Crippen molar-refractivity contribution in [1.29, 1.82) is 0 Å². The number of nitrogens with zero attached hydrogens (tertiary/aromatic N) is 5. The summed E-state index contributed by atoms with van der Waals surface area (Å²) in [5.74, 6) is 1.43. The van der Waals surface area contributed by atoms with Gasteiger partial charge in [0, 0.05) is 31.6 Å². The van der Waals surface area contributed by atoms with Gasteiger partial charge in [0.1, 0.15) is 29.5 Å². The largest absolute Gasteiger partial charge is 0.469 e. The molecule has 3 atom stereocenters. The first-order valence-corrected chi connectivity index (χ1v) is 11.7. The van der Waals surface area contributed by atoms with Crippen molar-refractivity contribution in [3.63, 3.8) is 0 Å². The van der Waals surface area contributed by atoms with Gasteiger partial charge in [0.05, 0.1) is 36.1 Å². The molecule has 2 aliphatic rings. The predicted molar refractivity (Wildman–Crippen MR) is 131 cm³/mol. The number of fused-ring (bicyclic) bond motifs is 4. The van der Waals surface area contributed by atoms with Crippen LogP contribution in [0.5, 0.6) is 11.8 Å². The minimum Gasteiger partial charge on any atom is -0.469 e. The molecule has 0 bridgehead atoms. The van der Waals surface area contributed by atoms with E-state index in [2.05, 4.69) is 34.9 Å². The number of hydrogen-bond acceptors (Lipinski definition) is 10. The normalized spacial score (nSPS) is 20.9. The summed E-state index contributed by atoms with van der Waals surface area (Å²) in [6, 6.07) is 3.21. The van der Waals surface area contributed by atoms with Crippen LogP contribution in [0.1, 0.15) is 12.2 Å². The number of methoxy groups -OCH3 is 1. The maximum Gasteiger partial charge on any atom is 0.326 e. The summed E-state index contributed by atoms with van der Waals surface area (Å²) in [5, 5.41) is 4.46. The molecule has 4 aromatic rings. The third-order valence-corrected chi connectivity index (χ3v) is 7.09. The van der Waals surface area contributed by atoms with Gasteiger partial charge in [-0.1, -0.05) is 0 Å². The first-order chi connectivity index (χ1) is 17.4. The first kappa shape index (κ1) is 22.4. The molecule has 6 rings (SSSR count). The SMILES string of the molecule is CNc1cc(F)cc2c1[nH]c1nc(Oc3cnc(CC(=O)OC)nc3)nc(N3CC4C[C@@H](N)C4C3)c12. The van der Waals surface area contributed by atoms with E-state index in [-0.39, 0.29) is 24.3 Å². The fourth-order valence-electron chi connectivity index (χ4n) is 5.22. The Morgan fingerprint density at radius 1 is 1.28 bits per heavy atom. The maximum absolute atomic E-state index is 14.5. The van der Waals surface area contributed by atoms with Crippen LogP contribution in [0.3, 0.4) is 0 Å². The van der Waals surface area contributed by atoms with E-state index in [1.54, 1.807) is 7.05 Å². The van der Waals surface area contributed by atoms with E-state index < -0.39 is 5.97 Å². The molecule has 12 heteroatoms. The van der Waals surface area contributed by atoms with E-state index in [9.17, 15) is 9.18 Å². The highest BCUT2D eigenvalue weighted by atomic mass is 19.1. The number of H-pyrrole nitrogens is 1. The van der Waals surface area contributed by atoms with Crippen molar-refractivity contribution in [3.05, 3.63) is 36.2 Å². The first-order valence-electron chi connectivity index (χ1n) is 11.7. The molecule has 1 aliphatic heterocycles. The number of hydrogen-bond donors (Lipinski definition) is 3. The van der Waals surface area contributed by atoms with Crippen molar-refractivity contribution in [3.8, 4) is 11.8 Å². The van der Waals surface area contributed by atoms with Gasteiger partial charge in [0.15, 0.2) is 5.75 Å². The third kappa shape index (κ3) is 3.73. The predicted octanol–water partition coefficient (Wildman–Crippen LogP) is 2.37. The van der Waals surface area contributed by atoms with Crippen LogP contribution in [-0.2, 0) is 16.0 Å². The molecule has 1 saturated heterocycles. The van der Waals surface area contributed by atoms with Crippen LogP contribution in [0.4, 0.5) is 15.9 Å². The van der Waals surface area contributed by atoms with E-state index in [0.717, 1.165) is 30.4 Å². The number of rotatable bonds is 6. The van der Waals surface area contributed by atoms with Gasteiger partial charge in [-0.2, -0.15) is 9.97 Å². The lowest BCUT2D eigenvalue weighted by Crippen LogP contribution is -2.46. The number of aromatic nitrogens is 5. The van der Waals surface area contributed by atoms with Crippen LogP contribution >= 0.6 is 0 Å². The summed E-state index contributed by atoms with van der Waals surface area (Å²) in [6.45, 7) is 1.58. The summed E-state index contributed by atoms with van der Waals surface area (Å²) in [5.41, 5.74) is 8.12. The van der Waals surface area contributed by atoms with E-state index >= 15 is 0 Å². The van der Waals surface area contributed by atoms with Gasteiger partial charge in [0.2, 0.25) is 0 Å². The monoisotopic (exact) mass is 492 g/mol. The Bertz CT molecular complexity index is 1470. The van der Waals surface area contributed by atoms with Gasteiger partial charge in [-0.15, -0.1) is 0 Å². The second-order valence-electron chi connectivity index (χ2n) is 9.22. The second kappa shape index (κ2) is 8.55. The van der Waals surface area contributed by atoms with E-state index in [1.165, 1.54) is 31.6 Å². The Labute approximate surface area is 205 Å². The van der Waals surface area contributed by atoms with E-state index in [0.29, 0.717) is 45.9 Å². The van der Waals surface area contributed by atoms with Crippen molar-refractivity contribution >= 4 is 39.4 Å². The number of carbonyl (C=O) groups is 1. The van der Waals surface area contributed by atoms with Crippen molar-refractivity contribution in [2.45, 2.75) is 18.9 Å². The average molecular weight is 493 g/mol. The molecule has 1 aliphatic carbocycles. The highest BCUT2D eigenvalue weighted by molar-refractivity contribution is 6.14. The molecule has 4 N–H and O–H groups in total. The van der Waals surface area contributed by atoms with Crippen molar-refractivity contribution < 1.29 is 18.7 Å². The van der Waals surface area contributed by atoms with Crippen molar-refractivity contribution in [2.24, 2.45) is 17.6 Å². The number of aromatic amines is 1. The molecular weight excluding hydrogens is 467 g/mol. The number of nitrogens with two attached hydrogens (primary N) is 1. The number of nitrogens with one attached hydrogen (secondary N) is 2. The highest BCUT2D eigenvalue weighted by Crippen LogP contribution is 2.44. The van der Waals surface area contributed by atoms with Gasteiger partial charge < -0.3 is 30.4 Å². The van der Waals surface area contributed by atoms with Gasteiger partial charge in [-0.05, 0) is 30.4 Å². The lowest BCUT2D eigenvalue weighted by atomic mass is 9.72. The standard InChI is InChI=1S/C24H25FN8O3/c1-27-17-5-12(25)4-14-20-22(30-21(14)17)31-24(32-23(20)33-9-11-3-16(26)15(11)10-33)36-13-7-28-18(29-8-13)6-19(34)35-2/h4-5,7-8,11,15-16,27H,3,6,9-10,26H2,1-2H3,(H,30,31,32)/t11?,15?,16-/m1/s1. The molecule has 0 amide bonds. The van der Waals surface area contributed by atoms with Gasteiger partial charge in [-0.3, -0.25) is 4.79 Å². The number of halogens is 1. The number of benzene rings is 1. The molecule has 186 valence electrons. The summed E-state index contributed by atoms with van der Waals surface area (Å²) >= 11 is 0. The Morgan fingerprint density at radius 3 is 2.78 bits per heavy atom. The van der Waals surface area contributed by atoms with Crippen LogP contribution in [0.25, 0.3) is 21.9 Å². The zero-order chi connectivity index (χ0) is 25.0. The Hall–Kier alpha value is -4.06. The number of esters is 1. The lowest BCUT2D eigenvalue weighted by molar-refractivity contribution is -0.139. The van der Waals surface area contributed by atoms with Gasteiger partial charge in [0.25, 0.3) is 0 Å². The molecule has 1 aromatic carbocycles. The number of anilines is 2. The van der Waals surface area contributed by atoms with E-state index in [1.807, 2.05) is 0 Å². The van der Waals surface area contributed by atoms with Crippen molar-refractivity contribution in [2.75, 3.05) is 37.5 Å². The molecule has 3 aromatic heterocycles. The molecule has 0 spiro atoms. The van der Waals surface area contributed by atoms with Gasteiger partial charge in [-0.25, -0.2) is 14.4 Å². The molecular formula is C24H25FN8O3. The molecule has 2 fully saturated rings. The summed E-state index contributed by atoms with van der Waals surface area (Å²) in [6.07, 6.45) is 3.85. The van der Waals surface area contributed by atoms with Crippen LogP contribution in [0.15, 0.2) is 24.5 Å². The minimum absolute atomic E-state index is 0.0394. The quantitative estimate of drug-likeness (QED) is 0.343. The Morgan fingerprint density at radius 2 is 2.08 bits per heavy atom. The third-order valence-electron chi connectivity index (χ3n) is 7.09. The molecule has 0 radical (unpaired) electrons. The van der Waals surface area contributed by atoms with Crippen LogP contribution in [-0.4, -0.2) is 64.2 Å². The zero-order valence-corrected chi connectivity index (χ0v) is 19.8. The minimum atomic E-state index is -0.433. The number of carbonyl (C=O) groups excluding carboxylic acids is 1. The van der Waals surface area contributed by atoms with E-state index in [4.69, 9.17) is 15.5 Å². The zero-order valence-electron chi connectivity index (χ0n) is 19.8.